The first-order valence-electron chi connectivity index (χ1n) is 4.17. The smallest absolute Gasteiger partial charge is 0.334 e. The summed E-state index contributed by atoms with van der Waals surface area (Å²) in [6.07, 6.45) is 0. The van der Waals surface area contributed by atoms with E-state index in [1.54, 1.807) is 24.3 Å². The maximum Gasteiger partial charge on any atom is 0.334 e. The number of carbonyl (C=O) groups is 1. The average molecular weight is 203 g/mol. The number of carboxylic acids is 1. The van der Waals surface area contributed by atoms with E-state index in [9.17, 15) is 4.79 Å². The van der Waals surface area contributed by atoms with Crippen LogP contribution < -0.4 is 4.74 Å². The van der Waals surface area contributed by atoms with E-state index in [1.165, 1.54) is 0 Å². The average Bonchev–Trinajstić information content (AvgIpc) is 2.26. The van der Waals surface area contributed by atoms with Gasteiger partial charge in [-0.25, -0.2) is 4.79 Å². The minimum Gasteiger partial charge on any atom is -0.489 e. The van der Waals surface area contributed by atoms with Gasteiger partial charge in [0, 0.05) is 0 Å². The molecule has 0 saturated carbocycles. The van der Waals surface area contributed by atoms with Crippen molar-refractivity contribution in [3.8, 4) is 11.8 Å². The van der Waals surface area contributed by atoms with Gasteiger partial charge in [0.1, 0.15) is 12.4 Å². The van der Waals surface area contributed by atoms with E-state index in [1.807, 2.05) is 6.07 Å². The Morgan fingerprint density at radius 1 is 1.47 bits per heavy atom. The first-order chi connectivity index (χ1) is 7.13. The summed E-state index contributed by atoms with van der Waals surface area (Å²) in [5, 5.41) is 17.1. The van der Waals surface area contributed by atoms with E-state index in [2.05, 4.69) is 6.58 Å². The van der Waals surface area contributed by atoms with Gasteiger partial charge in [0.25, 0.3) is 0 Å². The van der Waals surface area contributed by atoms with E-state index in [0.717, 1.165) is 0 Å². The third kappa shape index (κ3) is 3.16. The minimum atomic E-state index is -1.08. The number of nitrogens with zero attached hydrogens (tertiary/aromatic N) is 1. The molecule has 0 unspecified atom stereocenters. The van der Waals surface area contributed by atoms with E-state index in [-0.39, 0.29) is 12.2 Å². The largest absolute Gasteiger partial charge is 0.489 e. The molecule has 0 saturated heterocycles. The molecule has 0 spiro atoms. The molecule has 0 aliphatic heterocycles. The molecule has 0 heterocycles. The molecule has 1 N–H and O–H groups in total. The van der Waals surface area contributed by atoms with Crippen molar-refractivity contribution in [1.82, 2.24) is 0 Å². The number of hydrogen-bond donors (Lipinski definition) is 1. The van der Waals surface area contributed by atoms with Crippen molar-refractivity contribution < 1.29 is 14.6 Å². The van der Waals surface area contributed by atoms with Crippen LogP contribution in [0.15, 0.2) is 36.4 Å². The summed E-state index contributed by atoms with van der Waals surface area (Å²) < 4.78 is 5.14. The number of hydrogen-bond acceptors (Lipinski definition) is 3. The molecule has 1 aromatic rings. The number of nitriles is 1. The van der Waals surface area contributed by atoms with E-state index >= 15 is 0 Å². The Kier molecular flexibility index (Phi) is 3.47. The molecule has 1 aromatic carbocycles. The van der Waals surface area contributed by atoms with Crippen LogP contribution in [-0.2, 0) is 4.79 Å². The highest BCUT2D eigenvalue weighted by molar-refractivity contribution is 5.86. The summed E-state index contributed by atoms with van der Waals surface area (Å²) in [5.74, 6) is -0.569. The molecule has 0 aliphatic carbocycles. The zero-order valence-electron chi connectivity index (χ0n) is 7.93. The Labute approximate surface area is 87.0 Å². The molecule has 1 rings (SSSR count). The Hall–Kier alpha value is -2.28. The standard InChI is InChI=1S/C11H9NO3/c1-8(11(13)14)7-15-10-4-2-9(6-12)3-5-10/h2-5H,1,7H2,(H,13,14). The van der Waals surface area contributed by atoms with Gasteiger partial charge in [-0.15, -0.1) is 0 Å². The topological polar surface area (TPSA) is 70.3 Å². The first-order valence-corrected chi connectivity index (χ1v) is 4.17. The van der Waals surface area contributed by atoms with Gasteiger partial charge in [-0.3, -0.25) is 0 Å². The maximum atomic E-state index is 10.4. The quantitative estimate of drug-likeness (QED) is 0.754. The number of carboxylic acid groups (broad SMARTS) is 1. The molecule has 15 heavy (non-hydrogen) atoms. The molecule has 0 bridgehead atoms. The summed E-state index contributed by atoms with van der Waals surface area (Å²) in [4.78, 5) is 10.4. The highest BCUT2D eigenvalue weighted by Crippen LogP contribution is 2.12. The van der Waals surface area contributed by atoms with Crippen molar-refractivity contribution >= 4 is 5.97 Å². The summed E-state index contributed by atoms with van der Waals surface area (Å²) >= 11 is 0. The van der Waals surface area contributed by atoms with Crippen LogP contribution in [0.5, 0.6) is 5.75 Å². The Bertz CT molecular complexity index is 414. The van der Waals surface area contributed by atoms with Crippen LogP contribution >= 0.6 is 0 Å². The molecule has 0 radical (unpaired) electrons. The molecule has 0 amide bonds. The van der Waals surface area contributed by atoms with E-state index in [0.29, 0.717) is 11.3 Å². The lowest BCUT2D eigenvalue weighted by Gasteiger charge is -2.05. The van der Waals surface area contributed by atoms with Gasteiger partial charge in [-0.05, 0) is 24.3 Å². The number of ether oxygens (including phenoxy) is 1. The second-order valence-corrected chi connectivity index (χ2v) is 2.83. The zero-order valence-corrected chi connectivity index (χ0v) is 7.93. The molecule has 0 aliphatic rings. The molecule has 76 valence electrons. The summed E-state index contributed by atoms with van der Waals surface area (Å²) in [6, 6.07) is 8.37. The highest BCUT2D eigenvalue weighted by atomic mass is 16.5. The van der Waals surface area contributed by atoms with Crippen molar-refractivity contribution in [2.75, 3.05) is 6.61 Å². The molecule has 4 nitrogen and oxygen atoms in total. The second kappa shape index (κ2) is 4.82. The number of rotatable bonds is 4. The Morgan fingerprint density at radius 2 is 2.07 bits per heavy atom. The third-order valence-corrected chi connectivity index (χ3v) is 1.70. The zero-order chi connectivity index (χ0) is 11.3. The van der Waals surface area contributed by atoms with Gasteiger partial charge in [-0.2, -0.15) is 5.26 Å². The summed E-state index contributed by atoms with van der Waals surface area (Å²) in [6.45, 7) is 3.26. The monoisotopic (exact) mass is 203 g/mol. The summed E-state index contributed by atoms with van der Waals surface area (Å²) in [7, 11) is 0. The lowest BCUT2D eigenvalue weighted by Crippen LogP contribution is -2.08. The van der Waals surface area contributed by atoms with Crippen LogP contribution in [0.2, 0.25) is 0 Å². The summed E-state index contributed by atoms with van der Waals surface area (Å²) in [5.41, 5.74) is 0.513. The fourth-order valence-electron chi connectivity index (χ4n) is 0.858. The van der Waals surface area contributed by atoms with Gasteiger partial charge >= 0.3 is 5.97 Å². The van der Waals surface area contributed by atoms with Crippen molar-refractivity contribution in [2.45, 2.75) is 0 Å². The van der Waals surface area contributed by atoms with Crippen molar-refractivity contribution in [3.05, 3.63) is 42.0 Å². The van der Waals surface area contributed by atoms with Crippen molar-refractivity contribution in [2.24, 2.45) is 0 Å². The Morgan fingerprint density at radius 3 is 2.53 bits per heavy atom. The van der Waals surface area contributed by atoms with Crippen molar-refractivity contribution in [1.29, 1.82) is 5.26 Å². The number of benzene rings is 1. The third-order valence-electron chi connectivity index (χ3n) is 1.70. The molecule has 0 atom stereocenters. The van der Waals surface area contributed by atoms with Crippen molar-refractivity contribution in [3.63, 3.8) is 0 Å². The molecule has 0 aromatic heterocycles. The predicted molar refractivity (Wildman–Crippen MR) is 53.4 cm³/mol. The van der Waals surface area contributed by atoms with Crippen LogP contribution in [0, 0.1) is 11.3 Å². The van der Waals surface area contributed by atoms with Gasteiger partial charge in [-0.1, -0.05) is 6.58 Å². The second-order valence-electron chi connectivity index (χ2n) is 2.83. The van der Waals surface area contributed by atoms with Crippen LogP contribution in [-0.4, -0.2) is 17.7 Å². The fourth-order valence-corrected chi connectivity index (χ4v) is 0.858. The normalized spacial score (nSPS) is 9.00. The van der Waals surface area contributed by atoms with Crippen LogP contribution in [0.3, 0.4) is 0 Å². The van der Waals surface area contributed by atoms with Crippen LogP contribution in [0.25, 0.3) is 0 Å². The Balaban J connectivity index is 2.56. The molecule has 0 fully saturated rings. The van der Waals surface area contributed by atoms with Gasteiger partial charge in [0.15, 0.2) is 0 Å². The lowest BCUT2D eigenvalue weighted by atomic mass is 10.2. The number of aliphatic carboxylic acids is 1. The highest BCUT2D eigenvalue weighted by Gasteiger charge is 2.04. The molecular weight excluding hydrogens is 194 g/mol. The van der Waals surface area contributed by atoms with E-state index < -0.39 is 5.97 Å². The molecular formula is C11H9NO3. The van der Waals surface area contributed by atoms with Crippen LogP contribution in [0.1, 0.15) is 5.56 Å². The maximum absolute atomic E-state index is 10.4. The van der Waals surface area contributed by atoms with Gasteiger partial charge in [0.2, 0.25) is 0 Å². The predicted octanol–water partition coefficient (Wildman–Crippen LogP) is 1.58. The lowest BCUT2D eigenvalue weighted by molar-refractivity contribution is -0.133. The van der Waals surface area contributed by atoms with E-state index in [4.69, 9.17) is 15.1 Å². The fraction of sp³-hybridized carbons (Fsp3) is 0.0909. The first kappa shape index (κ1) is 10.8. The van der Waals surface area contributed by atoms with Gasteiger partial charge in [0.05, 0.1) is 17.2 Å². The SMILES string of the molecule is C=C(COc1ccc(C#N)cc1)C(=O)O. The minimum absolute atomic E-state index is 0.0145. The molecule has 4 heteroatoms. The van der Waals surface area contributed by atoms with Crippen LogP contribution in [0.4, 0.5) is 0 Å². The van der Waals surface area contributed by atoms with Gasteiger partial charge < -0.3 is 9.84 Å².